The van der Waals surface area contributed by atoms with E-state index in [1.807, 2.05) is 4.90 Å². The Kier molecular flexibility index (Phi) is 7.00. The van der Waals surface area contributed by atoms with Crippen LogP contribution in [0.4, 0.5) is 18.9 Å². The first-order valence-electron chi connectivity index (χ1n) is 12.3. The Bertz CT molecular complexity index is 944. The number of ether oxygens (including phenoxy) is 1. The molecule has 5 atom stereocenters. The zero-order valence-electron chi connectivity index (χ0n) is 19.8. The van der Waals surface area contributed by atoms with E-state index in [4.69, 9.17) is 4.74 Å². The molecule has 3 fully saturated rings. The van der Waals surface area contributed by atoms with Crippen molar-refractivity contribution in [3.8, 4) is 0 Å². The van der Waals surface area contributed by atoms with Crippen LogP contribution in [0.3, 0.4) is 0 Å². The number of allylic oxidation sites excluding steroid dienone is 1. The predicted octanol–water partition coefficient (Wildman–Crippen LogP) is 0.729. The van der Waals surface area contributed by atoms with E-state index in [0.717, 1.165) is 32.1 Å². The van der Waals surface area contributed by atoms with E-state index in [-0.39, 0.29) is 41.7 Å². The molecular formula is C26H34ClF3N2O2. The molecule has 5 unspecified atom stereocenters. The molecular weight excluding hydrogens is 465 g/mol. The number of piperazine rings is 1. The lowest BCUT2D eigenvalue weighted by molar-refractivity contribution is -0.903. The van der Waals surface area contributed by atoms with E-state index in [1.54, 1.807) is 6.07 Å². The topological polar surface area (TPSA) is 34.0 Å². The fraction of sp³-hybridized carbons (Fsp3) is 0.654. The predicted molar refractivity (Wildman–Crippen MR) is 120 cm³/mol. The molecule has 0 radical (unpaired) electrons. The highest BCUT2D eigenvalue weighted by Gasteiger charge is 2.52. The molecule has 34 heavy (non-hydrogen) atoms. The summed E-state index contributed by atoms with van der Waals surface area (Å²) in [5, 5.41) is 0. The maximum atomic E-state index is 13.1. The monoisotopic (exact) mass is 498 g/mol. The van der Waals surface area contributed by atoms with Crippen LogP contribution in [0.15, 0.2) is 35.9 Å². The van der Waals surface area contributed by atoms with Crippen LogP contribution in [-0.2, 0) is 15.7 Å². The molecule has 0 amide bonds. The van der Waals surface area contributed by atoms with Crippen LogP contribution < -0.4 is 22.2 Å². The molecule has 0 bridgehead atoms. The minimum Gasteiger partial charge on any atom is -1.00 e. The summed E-state index contributed by atoms with van der Waals surface area (Å²) in [6, 6.07) is 5.57. The van der Waals surface area contributed by atoms with Crippen LogP contribution in [0, 0.1) is 23.2 Å². The number of nitrogens with zero attached hydrogens (tertiary/aromatic N) is 1. The second-order valence-corrected chi connectivity index (χ2v) is 10.8. The lowest BCUT2D eigenvalue weighted by atomic mass is 9.59. The number of fused-ring (bicyclic) bond motifs is 2. The largest absolute Gasteiger partial charge is 1.00 e. The van der Waals surface area contributed by atoms with Gasteiger partial charge in [0.1, 0.15) is 12.0 Å². The maximum Gasteiger partial charge on any atom is 0.416 e. The number of rotatable bonds is 3. The summed E-state index contributed by atoms with van der Waals surface area (Å²) in [6.45, 7) is 8.37. The van der Waals surface area contributed by atoms with E-state index in [1.165, 1.54) is 41.9 Å². The van der Waals surface area contributed by atoms with E-state index in [0.29, 0.717) is 24.7 Å². The first-order chi connectivity index (χ1) is 15.6. The van der Waals surface area contributed by atoms with Crippen LogP contribution in [0.1, 0.15) is 45.1 Å². The Labute approximate surface area is 205 Å². The van der Waals surface area contributed by atoms with Gasteiger partial charge in [0, 0.05) is 11.6 Å². The number of hydrogen-bond acceptors (Lipinski definition) is 3. The molecule has 0 spiro atoms. The van der Waals surface area contributed by atoms with Gasteiger partial charge in [-0.2, -0.15) is 13.2 Å². The Balaban J connectivity index is 0.00000274. The smallest absolute Gasteiger partial charge is 0.416 e. The maximum absolute atomic E-state index is 13.1. The summed E-state index contributed by atoms with van der Waals surface area (Å²) in [5.41, 5.74) is 1.70. The SMILES string of the molecule is CC1CCCC2(C)CC3OC(=O)C(C[NH+]4CCN(c5cccc(C(F)(F)F)c5)CC4)C3C=C12.[Cl-]. The normalized spacial score (nSPS) is 34.0. The average molecular weight is 499 g/mol. The van der Waals surface area contributed by atoms with Crippen molar-refractivity contribution in [1.29, 1.82) is 0 Å². The Morgan fingerprint density at radius 3 is 2.68 bits per heavy atom. The summed E-state index contributed by atoms with van der Waals surface area (Å²) < 4.78 is 45.1. The molecule has 2 saturated heterocycles. The van der Waals surface area contributed by atoms with Gasteiger partial charge in [-0.1, -0.05) is 38.0 Å². The molecule has 1 aromatic rings. The number of esters is 1. The van der Waals surface area contributed by atoms with Crippen LogP contribution in [0.25, 0.3) is 0 Å². The third-order valence-electron chi connectivity index (χ3n) is 8.60. The minimum atomic E-state index is -4.33. The number of benzene rings is 1. The molecule has 1 saturated carbocycles. The minimum absolute atomic E-state index is 0. The summed E-state index contributed by atoms with van der Waals surface area (Å²) in [4.78, 5) is 16.2. The highest BCUT2D eigenvalue weighted by Crippen LogP contribution is 2.53. The highest BCUT2D eigenvalue weighted by molar-refractivity contribution is 5.76. The number of anilines is 1. The third-order valence-corrected chi connectivity index (χ3v) is 8.60. The van der Waals surface area contributed by atoms with Crippen LogP contribution in [0.2, 0.25) is 0 Å². The van der Waals surface area contributed by atoms with Gasteiger partial charge in [0.15, 0.2) is 0 Å². The van der Waals surface area contributed by atoms with Crippen molar-refractivity contribution in [2.75, 3.05) is 37.6 Å². The molecule has 4 nitrogen and oxygen atoms in total. The van der Waals surface area contributed by atoms with E-state index in [9.17, 15) is 18.0 Å². The summed E-state index contributed by atoms with van der Waals surface area (Å²) >= 11 is 0. The molecule has 1 aromatic carbocycles. The van der Waals surface area contributed by atoms with Gasteiger partial charge >= 0.3 is 12.1 Å². The Morgan fingerprint density at radius 1 is 1.24 bits per heavy atom. The molecule has 2 heterocycles. The number of quaternary nitrogens is 1. The lowest BCUT2D eigenvalue weighted by Gasteiger charge is -2.46. The van der Waals surface area contributed by atoms with E-state index in [2.05, 4.69) is 19.9 Å². The lowest BCUT2D eigenvalue weighted by Crippen LogP contribution is -3.15. The number of carbonyl (C=O) groups excluding carboxylic acids is 1. The average Bonchev–Trinajstić information content (AvgIpc) is 3.06. The zero-order valence-corrected chi connectivity index (χ0v) is 20.6. The number of alkyl halides is 3. The fourth-order valence-corrected chi connectivity index (χ4v) is 6.76. The van der Waals surface area contributed by atoms with Crippen molar-refractivity contribution in [3.05, 3.63) is 41.5 Å². The van der Waals surface area contributed by atoms with E-state index >= 15 is 0 Å². The van der Waals surface area contributed by atoms with Crippen molar-refractivity contribution >= 4 is 11.7 Å². The van der Waals surface area contributed by atoms with Crippen LogP contribution in [-0.4, -0.2) is 44.8 Å². The van der Waals surface area contributed by atoms with Gasteiger partial charge in [-0.25, -0.2) is 0 Å². The van der Waals surface area contributed by atoms with Gasteiger partial charge < -0.3 is 26.9 Å². The van der Waals surface area contributed by atoms with Gasteiger partial charge in [0.25, 0.3) is 0 Å². The van der Waals surface area contributed by atoms with Gasteiger partial charge in [-0.3, -0.25) is 4.79 Å². The van der Waals surface area contributed by atoms with Gasteiger partial charge in [0.2, 0.25) is 0 Å². The first kappa shape index (κ1) is 25.4. The molecule has 8 heteroatoms. The standard InChI is InChI=1S/C26H33F3N2O2.ClH/c1-17-5-4-8-25(2)15-23-20(14-22(17)25)21(24(32)33-23)16-30-9-11-31(12-10-30)19-7-3-6-18(13-19)26(27,28)29;/h3,6-7,13-14,17,20-21,23H,4-5,8-12,15-16H2,1-2H3;1H. The van der Waals surface area contributed by atoms with Crippen molar-refractivity contribution in [3.63, 3.8) is 0 Å². The number of hydrogen-bond donors (Lipinski definition) is 1. The first-order valence-corrected chi connectivity index (χ1v) is 12.3. The molecule has 5 rings (SSSR count). The van der Waals surface area contributed by atoms with E-state index < -0.39 is 11.7 Å². The van der Waals surface area contributed by atoms with Crippen molar-refractivity contribution in [1.82, 2.24) is 0 Å². The fourth-order valence-electron chi connectivity index (χ4n) is 6.76. The Morgan fingerprint density at radius 2 is 1.97 bits per heavy atom. The number of nitrogens with one attached hydrogen (secondary N) is 1. The van der Waals surface area contributed by atoms with Crippen LogP contribution >= 0.6 is 0 Å². The quantitative estimate of drug-likeness (QED) is 0.493. The van der Waals surface area contributed by atoms with Gasteiger partial charge in [0.05, 0.1) is 38.3 Å². The summed E-state index contributed by atoms with van der Waals surface area (Å²) in [7, 11) is 0. The second kappa shape index (κ2) is 9.38. The second-order valence-electron chi connectivity index (χ2n) is 10.8. The number of carbonyl (C=O) groups is 1. The highest BCUT2D eigenvalue weighted by atomic mass is 35.5. The van der Waals surface area contributed by atoms with Gasteiger partial charge in [-0.15, -0.1) is 0 Å². The summed E-state index contributed by atoms with van der Waals surface area (Å²) in [5.74, 6) is 0.556. The van der Waals surface area contributed by atoms with Crippen molar-refractivity contribution in [2.24, 2.45) is 23.2 Å². The molecule has 4 aliphatic rings. The van der Waals surface area contributed by atoms with Crippen molar-refractivity contribution in [2.45, 2.75) is 51.8 Å². The van der Waals surface area contributed by atoms with Gasteiger partial charge in [-0.05, 0) is 48.8 Å². The van der Waals surface area contributed by atoms with Crippen molar-refractivity contribution < 1.29 is 40.0 Å². The molecule has 0 aromatic heterocycles. The third kappa shape index (κ3) is 4.70. The molecule has 1 N–H and O–H groups in total. The molecule has 2 aliphatic carbocycles. The summed E-state index contributed by atoms with van der Waals surface area (Å²) in [6.07, 6.45) is 2.64. The van der Waals surface area contributed by atoms with Crippen LogP contribution in [0.5, 0.6) is 0 Å². The number of halogens is 4. The molecule has 188 valence electrons. The Hall–Kier alpha value is -1.73. The zero-order chi connectivity index (χ0) is 23.4. The molecule has 2 aliphatic heterocycles.